The van der Waals surface area contributed by atoms with Crippen molar-refractivity contribution >= 4 is 0 Å². The van der Waals surface area contributed by atoms with Gasteiger partial charge in [0, 0.05) is 26.2 Å². The smallest absolute Gasteiger partial charge is 0.0473 e. The van der Waals surface area contributed by atoms with Crippen LogP contribution in [0.25, 0.3) is 0 Å². The summed E-state index contributed by atoms with van der Waals surface area (Å²) < 4.78 is 0. The standard InChI is InChI=1S/C9H21N3/c1-8-5-4-6-9(8,7-10)11-12(2)3/h8,11H,4-7,10H2,1-3H3. The number of hydrogen-bond donors (Lipinski definition) is 2. The Morgan fingerprint density at radius 1 is 1.58 bits per heavy atom. The fourth-order valence-electron chi connectivity index (χ4n) is 2.21. The zero-order valence-electron chi connectivity index (χ0n) is 8.43. The van der Waals surface area contributed by atoms with Crippen molar-refractivity contribution in [1.29, 1.82) is 0 Å². The normalized spacial score (nSPS) is 36.2. The van der Waals surface area contributed by atoms with Gasteiger partial charge in [0.15, 0.2) is 0 Å². The molecular formula is C9H21N3. The van der Waals surface area contributed by atoms with E-state index in [9.17, 15) is 0 Å². The third-order valence-corrected chi connectivity index (χ3v) is 3.01. The monoisotopic (exact) mass is 171 g/mol. The highest BCUT2D eigenvalue weighted by molar-refractivity contribution is 4.97. The van der Waals surface area contributed by atoms with Crippen LogP contribution in [0.3, 0.4) is 0 Å². The van der Waals surface area contributed by atoms with Crippen molar-refractivity contribution < 1.29 is 0 Å². The van der Waals surface area contributed by atoms with Crippen molar-refractivity contribution in [3.8, 4) is 0 Å². The van der Waals surface area contributed by atoms with Gasteiger partial charge in [-0.3, -0.25) is 5.01 Å². The van der Waals surface area contributed by atoms with E-state index >= 15 is 0 Å². The average molecular weight is 171 g/mol. The van der Waals surface area contributed by atoms with Crippen molar-refractivity contribution in [3.63, 3.8) is 0 Å². The van der Waals surface area contributed by atoms with E-state index in [1.165, 1.54) is 19.3 Å². The first-order valence-electron chi connectivity index (χ1n) is 4.76. The van der Waals surface area contributed by atoms with E-state index in [-0.39, 0.29) is 5.54 Å². The van der Waals surface area contributed by atoms with Gasteiger partial charge in [-0.1, -0.05) is 13.3 Å². The van der Waals surface area contributed by atoms with Crippen LogP contribution in [0.2, 0.25) is 0 Å². The zero-order valence-corrected chi connectivity index (χ0v) is 8.43. The molecule has 2 atom stereocenters. The Morgan fingerprint density at radius 3 is 2.58 bits per heavy atom. The molecule has 0 amide bonds. The van der Waals surface area contributed by atoms with E-state index in [1.54, 1.807) is 0 Å². The molecular weight excluding hydrogens is 150 g/mol. The molecule has 0 aromatic carbocycles. The molecule has 0 aliphatic heterocycles. The highest BCUT2D eigenvalue weighted by atomic mass is 15.5. The first-order valence-corrected chi connectivity index (χ1v) is 4.76. The number of nitrogens with one attached hydrogen (secondary N) is 1. The van der Waals surface area contributed by atoms with Crippen molar-refractivity contribution in [2.45, 2.75) is 31.7 Å². The average Bonchev–Trinajstić information content (AvgIpc) is 2.32. The molecule has 1 aliphatic carbocycles. The minimum Gasteiger partial charge on any atom is -0.329 e. The molecule has 12 heavy (non-hydrogen) atoms. The lowest BCUT2D eigenvalue weighted by Gasteiger charge is -2.36. The second-order valence-corrected chi connectivity index (χ2v) is 4.16. The van der Waals surface area contributed by atoms with Crippen LogP contribution in [0.1, 0.15) is 26.2 Å². The maximum absolute atomic E-state index is 5.82. The molecule has 1 rings (SSSR count). The van der Waals surface area contributed by atoms with E-state index < -0.39 is 0 Å². The number of hydrazine groups is 1. The first kappa shape index (κ1) is 9.96. The van der Waals surface area contributed by atoms with Gasteiger partial charge in [-0.15, -0.1) is 0 Å². The quantitative estimate of drug-likeness (QED) is 0.610. The zero-order chi connectivity index (χ0) is 9.19. The van der Waals surface area contributed by atoms with Gasteiger partial charge in [0.2, 0.25) is 0 Å². The number of nitrogens with zero attached hydrogens (tertiary/aromatic N) is 1. The fourth-order valence-corrected chi connectivity index (χ4v) is 2.21. The van der Waals surface area contributed by atoms with Crippen LogP contribution in [-0.2, 0) is 0 Å². The van der Waals surface area contributed by atoms with Gasteiger partial charge in [-0.25, -0.2) is 5.43 Å². The highest BCUT2D eigenvalue weighted by Gasteiger charge is 2.39. The molecule has 3 N–H and O–H groups in total. The summed E-state index contributed by atoms with van der Waals surface area (Å²) in [5.74, 6) is 0.699. The molecule has 0 aromatic rings. The maximum atomic E-state index is 5.82. The van der Waals surface area contributed by atoms with Crippen molar-refractivity contribution in [1.82, 2.24) is 10.4 Å². The lowest BCUT2D eigenvalue weighted by molar-refractivity contribution is 0.132. The first-order chi connectivity index (χ1) is 5.60. The summed E-state index contributed by atoms with van der Waals surface area (Å²) in [4.78, 5) is 0. The fraction of sp³-hybridized carbons (Fsp3) is 1.00. The van der Waals surface area contributed by atoms with E-state index in [1.807, 2.05) is 19.1 Å². The van der Waals surface area contributed by atoms with E-state index in [2.05, 4.69) is 12.3 Å². The molecule has 0 spiro atoms. The molecule has 0 radical (unpaired) electrons. The van der Waals surface area contributed by atoms with Gasteiger partial charge in [0.1, 0.15) is 0 Å². The second kappa shape index (κ2) is 3.73. The topological polar surface area (TPSA) is 41.3 Å². The predicted molar refractivity (Wildman–Crippen MR) is 51.6 cm³/mol. The Hall–Kier alpha value is -0.120. The Morgan fingerprint density at radius 2 is 2.25 bits per heavy atom. The second-order valence-electron chi connectivity index (χ2n) is 4.16. The summed E-state index contributed by atoms with van der Waals surface area (Å²) in [6.07, 6.45) is 3.82. The Balaban J connectivity index is 2.61. The molecule has 0 aromatic heterocycles. The van der Waals surface area contributed by atoms with Crippen LogP contribution < -0.4 is 11.2 Å². The van der Waals surface area contributed by atoms with Gasteiger partial charge in [-0.2, -0.15) is 0 Å². The van der Waals surface area contributed by atoms with E-state index in [4.69, 9.17) is 5.73 Å². The summed E-state index contributed by atoms with van der Waals surface area (Å²) in [6, 6.07) is 0. The van der Waals surface area contributed by atoms with E-state index in [0.717, 1.165) is 6.54 Å². The minimum atomic E-state index is 0.170. The summed E-state index contributed by atoms with van der Waals surface area (Å²) in [5.41, 5.74) is 9.45. The number of hydrogen-bond acceptors (Lipinski definition) is 3. The summed E-state index contributed by atoms with van der Waals surface area (Å²) >= 11 is 0. The van der Waals surface area contributed by atoms with Crippen LogP contribution in [0.15, 0.2) is 0 Å². The van der Waals surface area contributed by atoms with E-state index in [0.29, 0.717) is 5.92 Å². The predicted octanol–water partition coefficient (Wildman–Crippen LogP) is 0.570. The number of nitrogens with two attached hydrogens (primary N) is 1. The third kappa shape index (κ3) is 1.79. The number of rotatable bonds is 3. The molecule has 1 fully saturated rings. The van der Waals surface area contributed by atoms with Gasteiger partial charge in [0.25, 0.3) is 0 Å². The van der Waals surface area contributed by atoms with Gasteiger partial charge in [0.05, 0.1) is 0 Å². The molecule has 0 saturated heterocycles. The highest BCUT2D eigenvalue weighted by Crippen LogP contribution is 2.34. The van der Waals surface area contributed by atoms with Crippen LogP contribution in [-0.4, -0.2) is 31.2 Å². The van der Waals surface area contributed by atoms with Gasteiger partial charge in [-0.05, 0) is 18.8 Å². The summed E-state index contributed by atoms with van der Waals surface area (Å²) in [7, 11) is 4.06. The lowest BCUT2D eigenvalue weighted by Crippen LogP contribution is -2.57. The Bertz CT molecular complexity index is 147. The SMILES string of the molecule is CC1CCCC1(CN)NN(C)C. The van der Waals surface area contributed by atoms with Crippen LogP contribution in [0.5, 0.6) is 0 Å². The van der Waals surface area contributed by atoms with Crippen molar-refractivity contribution in [2.75, 3.05) is 20.6 Å². The minimum absolute atomic E-state index is 0.170. The lowest BCUT2D eigenvalue weighted by atomic mass is 9.89. The molecule has 3 heteroatoms. The Kier molecular flexibility index (Phi) is 3.09. The summed E-state index contributed by atoms with van der Waals surface area (Å²) in [6.45, 7) is 3.03. The maximum Gasteiger partial charge on any atom is 0.0473 e. The Labute approximate surface area is 75.3 Å². The molecule has 0 bridgehead atoms. The molecule has 72 valence electrons. The van der Waals surface area contributed by atoms with Crippen LogP contribution in [0, 0.1) is 5.92 Å². The largest absolute Gasteiger partial charge is 0.329 e. The van der Waals surface area contributed by atoms with Gasteiger partial charge < -0.3 is 5.73 Å². The molecule has 3 nitrogen and oxygen atoms in total. The molecule has 2 unspecified atom stereocenters. The molecule has 1 aliphatic rings. The molecule has 0 heterocycles. The van der Waals surface area contributed by atoms with Gasteiger partial charge >= 0.3 is 0 Å². The molecule has 1 saturated carbocycles. The van der Waals surface area contributed by atoms with Crippen molar-refractivity contribution in [3.05, 3.63) is 0 Å². The van der Waals surface area contributed by atoms with Crippen LogP contribution in [0.4, 0.5) is 0 Å². The third-order valence-electron chi connectivity index (χ3n) is 3.01. The van der Waals surface area contributed by atoms with Crippen molar-refractivity contribution in [2.24, 2.45) is 11.7 Å². The van der Waals surface area contributed by atoms with Crippen LogP contribution >= 0.6 is 0 Å². The summed E-state index contributed by atoms with van der Waals surface area (Å²) in [5, 5.41) is 2.02.